The summed E-state index contributed by atoms with van der Waals surface area (Å²) >= 11 is 0. The Bertz CT molecular complexity index is 720. The standard InChI is InChI=1S/C20H27N3O3/c21-18(24)10-23-9-17-11-26-13-20(17,12-23)19(25)22-8-14-5-6-15-3-1-2-4-16(15)7-14/h5-7,17H,1-4,8-13H2,(H2,21,24)(H,22,25)/t17-,20-/m1/s1. The third-order valence-electron chi connectivity index (χ3n) is 6.14. The number of benzene rings is 1. The molecular formula is C20H27N3O3. The first-order valence-corrected chi connectivity index (χ1v) is 9.54. The highest BCUT2D eigenvalue weighted by molar-refractivity contribution is 5.84. The molecule has 2 amide bonds. The van der Waals surface area contributed by atoms with E-state index in [2.05, 4.69) is 23.5 Å². The lowest BCUT2D eigenvalue weighted by molar-refractivity contribution is -0.132. The van der Waals surface area contributed by atoms with Crippen LogP contribution in [0.15, 0.2) is 18.2 Å². The highest BCUT2D eigenvalue weighted by Gasteiger charge is 2.55. The summed E-state index contributed by atoms with van der Waals surface area (Å²) in [7, 11) is 0. The molecule has 0 saturated carbocycles. The van der Waals surface area contributed by atoms with Crippen LogP contribution in [0.25, 0.3) is 0 Å². The predicted octanol–water partition coefficient (Wildman–Crippen LogP) is 0.615. The molecule has 0 radical (unpaired) electrons. The van der Waals surface area contributed by atoms with E-state index in [-0.39, 0.29) is 24.3 Å². The van der Waals surface area contributed by atoms with Crippen LogP contribution in [0.4, 0.5) is 0 Å². The minimum Gasteiger partial charge on any atom is -0.380 e. The van der Waals surface area contributed by atoms with Gasteiger partial charge >= 0.3 is 0 Å². The molecule has 0 spiro atoms. The van der Waals surface area contributed by atoms with Gasteiger partial charge in [-0.3, -0.25) is 14.5 Å². The van der Waals surface area contributed by atoms with Crippen molar-refractivity contribution in [3.8, 4) is 0 Å². The third-order valence-corrected chi connectivity index (χ3v) is 6.14. The fourth-order valence-corrected chi connectivity index (χ4v) is 4.76. The number of hydrogen-bond acceptors (Lipinski definition) is 4. The number of ether oxygens (including phenoxy) is 1. The largest absolute Gasteiger partial charge is 0.380 e. The zero-order valence-corrected chi connectivity index (χ0v) is 15.1. The normalized spacial score (nSPS) is 27.8. The van der Waals surface area contributed by atoms with E-state index < -0.39 is 5.41 Å². The van der Waals surface area contributed by atoms with Crippen LogP contribution in [0.3, 0.4) is 0 Å². The van der Waals surface area contributed by atoms with Gasteiger partial charge in [0.05, 0.1) is 25.2 Å². The smallest absolute Gasteiger partial charge is 0.231 e. The van der Waals surface area contributed by atoms with Crippen molar-refractivity contribution in [2.24, 2.45) is 17.1 Å². The Morgan fingerprint density at radius 3 is 2.88 bits per heavy atom. The van der Waals surface area contributed by atoms with Crippen LogP contribution in [-0.2, 0) is 33.7 Å². The monoisotopic (exact) mass is 357 g/mol. The first-order valence-electron chi connectivity index (χ1n) is 9.54. The van der Waals surface area contributed by atoms with Gasteiger partial charge in [0, 0.05) is 25.6 Å². The van der Waals surface area contributed by atoms with Crippen LogP contribution in [0.2, 0.25) is 0 Å². The van der Waals surface area contributed by atoms with E-state index in [9.17, 15) is 9.59 Å². The molecule has 2 saturated heterocycles. The molecule has 4 rings (SSSR count). The Morgan fingerprint density at radius 2 is 2.08 bits per heavy atom. The fourth-order valence-electron chi connectivity index (χ4n) is 4.76. The van der Waals surface area contributed by atoms with Gasteiger partial charge in [0.15, 0.2) is 0 Å². The van der Waals surface area contributed by atoms with Crippen LogP contribution in [0.5, 0.6) is 0 Å². The Kier molecular flexibility index (Phi) is 4.71. The lowest BCUT2D eigenvalue weighted by atomic mass is 9.80. The Hall–Kier alpha value is -1.92. The number of nitrogens with one attached hydrogen (secondary N) is 1. The molecule has 140 valence electrons. The number of rotatable bonds is 5. The van der Waals surface area contributed by atoms with Gasteiger partial charge < -0.3 is 15.8 Å². The maximum absolute atomic E-state index is 13.0. The van der Waals surface area contributed by atoms with Gasteiger partial charge in [-0.15, -0.1) is 0 Å². The molecule has 2 fully saturated rings. The molecular weight excluding hydrogens is 330 g/mol. The topological polar surface area (TPSA) is 84.7 Å². The van der Waals surface area contributed by atoms with E-state index in [1.54, 1.807) is 0 Å². The second kappa shape index (κ2) is 7.00. The van der Waals surface area contributed by atoms with Crippen molar-refractivity contribution in [3.05, 3.63) is 34.9 Å². The van der Waals surface area contributed by atoms with E-state index in [0.29, 0.717) is 32.8 Å². The molecule has 6 heteroatoms. The molecule has 2 atom stereocenters. The summed E-state index contributed by atoms with van der Waals surface area (Å²) in [6.07, 6.45) is 4.83. The van der Waals surface area contributed by atoms with Crippen molar-refractivity contribution >= 4 is 11.8 Å². The third kappa shape index (κ3) is 3.23. The minimum absolute atomic E-state index is 0.0321. The minimum atomic E-state index is -0.552. The highest BCUT2D eigenvalue weighted by Crippen LogP contribution is 2.41. The molecule has 26 heavy (non-hydrogen) atoms. The molecule has 0 bridgehead atoms. The summed E-state index contributed by atoms with van der Waals surface area (Å²) in [5.41, 5.74) is 8.80. The average molecular weight is 357 g/mol. The summed E-state index contributed by atoms with van der Waals surface area (Å²) < 4.78 is 5.61. The fraction of sp³-hybridized carbons (Fsp3) is 0.600. The maximum Gasteiger partial charge on any atom is 0.231 e. The van der Waals surface area contributed by atoms with Gasteiger partial charge in [0.25, 0.3) is 0 Å². The van der Waals surface area contributed by atoms with Crippen LogP contribution in [-0.4, -0.2) is 49.6 Å². The van der Waals surface area contributed by atoms with Crippen molar-refractivity contribution in [3.63, 3.8) is 0 Å². The number of amides is 2. The molecule has 6 nitrogen and oxygen atoms in total. The number of primary amides is 1. The number of nitrogens with two attached hydrogens (primary N) is 1. The van der Waals surface area contributed by atoms with Crippen LogP contribution >= 0.6 is 0 Å². The van der Waals surface area contributed by atoms with Crippen LogP contribution in [0.1, 0.15) is 29.5 Å². The van der Waals surface area contributed by atoms with Crippen molar-refractivity contribution in [2.75, 3.05) is 32.8 Å². The van der Waals surface area contributed by atoms with Crippen molar-refractivity contribution < 1.29 is 14.3 Å². The molecule has 1 aliphatic carbocycles. The zero-order chi connectivity index (χ0) is 18.1. The molecule has 2 heterocycles. The predicted molar refractivity (Wildman–Crippen MR) is 97.3 cm³/mol. The van der Waals surface area contributed by atoms with Crippen LogP contribution in [0, 0.1) is 11.3 Å². The molecule has 3 aliphatic rings. The van der Waals surface area contributed by atoms with E-state index in [1.807, 2.05) is 4.90 Å². The summed E-state index contributed by atoms with van der Waals surface area (Å²) in [5.74, 6) is -0.189. The maximum atomic E-state index is 13.0. The van der Waals surface area contributed by atoms with Crippen molar-refractivity contribution in [1.29, 1.82) is 0 Å². The average Bonchev–Trinajstić information content (AvgIpc) is 3.16. The first-order chi connectivity index (χ1) is 12.6. The Balaban J connectivity index is 1.42. The number of aryl methyl sites for hydroxylation is 2. The molecule has 1 aromatic carbocycles. The van der Waals surface area contributed by atoms with Gasteiger partial charge in [-0.25, -0.2) is 0 Å². The number of likely N-dealkylation sites (tertiary alicyclic amines) is 1. The summed E-state index contributed by atoms with van der Waals surface area (Å²) in [5, 5.41) is 3.12. The molecule has 2 aliphatic heterocycles. The molecule has 0 aromatic heterocycles. The Labute approximate surface area is 154 Å². The van der Waals surface area contributed by atoms with Gasteiger partial charge in [0.2, 0.25) is 11.8 Å². The number of carbonyl (C=O) groups is 2. The second-order valence-electron chi connectivity index (χ2n) is 8.00. The SMILES string of the molecule is NC(=O)CN1C[C@@H]2COC[C@]2(C(=O)NCc2ccc3c(c2)CCCC3)C1. The number of hydrogen-bond donors (Lipinski definition) is 2. The molecule has 0 unspecified atom stereocenters. The first kappa shape index (κ1) is 17.5. The summed E-state index contributed by atoms with van der Waals surface area (Å²) in [4.78, 5) is 26.2. The van der Waals surface area contributed by atoms with Crippen LogP contribution < -0.4 is 11.1 Å². The van der Waals surface area contributed by atoms with Gasteiger partial charge in [0.1, 0.15) is 0 Å². The van der Waals surface area contributed by atoms with Crippen molar-refractivity contribution in [1.82, 2.24) is 10.2 Å². The number of fused-ring (bicyclic) bond motifs is 2. The summed E-state index contributed by atoms with van der Waals surface area (Å²) in [6, 6.07) is 6.57. The van der Waals surface area contributed by atoms with Gasteiger partial charge in [-0.05, 0) is 42.4 Å². The Morgan fingerprint density at radius 1 is 1.27 bits per heavy atom. The van der Waals surface area contributed by atoms with Crippen molar-refractivity contribution in [2.45, 2.75) is 32.2 Å². The van der Waals surface area contributed by atoms with E-state index in [0.717, 1.165) is 12.0 Å². The second-order valence-corrected chi connectivity index (χ2v) is 8.00. The highest BCUT2D eigenvalue weighted by atomic mass is 16.5. The molecule has 3 N–H and O–H groups in total. The van der Waals surface area contributed by atoms with E-state index in [4.69, 9.17) is 10.5 Å². The lowest BCUT2D eigenvalue weighted by Crippen LogP contribution is -2.46. The quantitative estimate of drug-likeness (QED) is 0.809. The van der Waals surface area contributed by atoms with Gasteiger partial charge in [-0.2, -0.15) is 0 Å². The van der Waals surface area contributed by atoms with E-state index >= 15 is 0 Å². The summed E-state index contributed by atoms with van der Waals surface area (Å²) in [6.45, 7) is 2.96. The lowest BCUT2D eigenvalue weighted by Gasteiger charge is -2.26. The number of carbonyl (C=O) groups excluding carboxylic acids is 2. The molecule has 1 aromatic rings. The van der Waals surface area contributed by atoms with E-state index in [1.165, 1.54) is 30.4 Å². The zero-order valence-electron chi connectivity index (χ0n) is 15.1. The number of nitrogens with zero attached hydrogens (tertiary/aromatic N) is 1. The van der Waals surface area contributed by atoms with Gasteiger partial charge in [-0.1, -0.05) is 18.2 Å².